The number of sulfonamides is 1. The molecule has 0 radical (unpaired) electrons. The minimum absolute atomic E-state index is 0.0121. The van der Waals surface area contributed by atoms with Gasteiger partial charge in [0.05, 0.1) is 22.6 Å². The lowest BCUT2D eigenvalue weighted by Crippen LogP contribution is -2.39. The Balaban J connectivity index is 1.78. The maximum atomic E-state index is 13.2. The number of halogens is 2. The fourth-order valence-corrected chi connectivity index (χ4v) is 4.64. The fourth-order valence-electron chi connectivity index (χ4n) is 2.87. The molecule has 12 heteroatoms. The molecule has 0 atom stereocenters. The van der Waals surface area contributed by atoms with E-state index in [2.05, 4.69) is 26.5 Å². The maximum absolute atomic E-state index is 13.2. The standard InChI is InChI=1S/C22H18BrClN4O5S/c23-18-6-4-16(5-7-18)14-27(34(32,33)21-10-8-19(24)9-11-21)15-22(29)26-25-13-17-2-1-3-20(12-17)28(30)31/h1-13H,14-15H2,(H,26,29)/b25-13-. The maximum Gasteiger partial charge on any atom is 0.270 e. The lowest BCUT2D eigenvalue weighted by Gasteiger charge is -2.21. The van der Waals surface area contributed by atoms with E-state index in [1.54, 1.807) is 30.3 Å². The largest absolute Gasteiger partial charge is 0.272 e. The zero-order chi connectivity index (χ0) is 24.7. The summed E-state index contributed by atoms with van der Waals surface area (Å²) in [5.74, 6) is -0.684. The van der Waals surface area contributed by atoms with E-state index >= 15 is 0 Å². The third-order valence-corrected chi connectivity index (χ3v) is 7.11. The second-order valence-electron chi connectivity index (χ2n) is 7.00. The molecule has 1 N–H and O–H groups in total. The molecule has 3 rings (SSSR count). The van der Waals surface area contributed by atoms with Crippen LogP contribution in [0.4, 0.5) is 5.69 Å². The Hall–Kier alpha value is -3.12. The summed E-state index contributed by atoms with van der Waals surface area (Å²) in [5.41, 5.74) is 3.22. The van der Waals surface area contributed by atoms with Gasteiger partial charge in [0.25, 0.3) is 11.6 Å². The Morgan fingerprint density at radius 3 is 2.44 bits per heavy atom. The zero-order valence-corrected chi connectivity index (χ0v) is 20.6. The summed E-state index contributed by atoms with van der Waals surface area (Å²) in [6.45, 7) is -0.562. The SMILES string of the molecule is O=C(CN(Cc1ccc(Br)cc1)S(=O)(=O)c1ccc(Cl)cc1)N/N=C\c1cccc([N+](=O)[O-])c1. The normalized spacial score (nSPS) is 11.6. The molecule has 0 saturated heterocycles. The van der Waals surface area contributed by atoms with Crippen LogP contribution in [0.5, 0.6) is 0 Å². The van der Waals surface area contributed by atoms with E-state index in [4.69, 9.17) is 11.6 Å². The number of rotatable bonds is 9. The number of hydrogen-bond donors (Lipinski definition) is 1. The molecular formula is C22H18BrClN4O5S. The topological polar surface area (TPSA) is 122 Å². The number of hydrazone groups is 1. The molecule has 0 bridgehead atoms. The summed E-state index contributed by atoms with van der Waals surface area (Å²) in [6, 6.07) is 18.4. The highest BCUT2D eigenvalue weighted by molar-refractivity contribution is 9.10. The molecule has 0 heterocycles. The van der Waals surface area contributed by atoms with Crippen LogP contribution in [0.15, 0.2) is 87.3 Å². The number of amides is 1. The van der Waals surface area contributed by atoms with Crippen LogP contribution in [0.1, 0.15) is 11.1 Å². The van der Waals surface area contributed by atoms with E-state index in [1.165, 1.54) is 48.7 Å². The van der Waals surface area contributed by atoms with Crippen molar-refractivity contribution in [1.29, 1.82) is 0 Å². The Morgan fingerprint density at radius 2 is 1.79 bits per heavy atom. The first-order valence-electron chi connectivity index (χ1n) is 9.72. The summed E-state index contributed by atoms with van der Waals surface area (Å²) in [7, 11) is -4.04. The van der Waals surface area contributed by atoms with Crippen molar-refractivity contribution >= 4 is 55.4 Å². The minimum atomic E-state index is -4.04. The second kappa shape index (κ2) is 11.3. The van der Waals surface area contributed by atoms with Crippen molar-refractivity contribution in [3.05, 3.63) is 104 Å². The van der Waals surface area contributed by atoms with E-state index in [0.29, 0.717) is 16.1 Å². The van der Waals surface area contributed by atoms with Gasteiger partial charge in [-0.1, -0.05) is 51.8 Å². The zero-order valence-electron chi connectivity index (χ0n) is 17.5. The molecule has 1 amide bonds. The van der Waals surface area contributed by atoms with Gasteiger partial charge in [-0.05, 0) is 42.0 Å². The predicted molar refractivity (Wildman–Crippen MR) is 132 cm³/mol. The van der Waals surface area contributed by atoms with Crippen LogP contribution >= 0.6 is 27.5 Å². The molecule has 34 heavy (non-hydrogen) atoms. The van der Waals surface area contributed by atoms with Crippen LogP contribution in [0.25, 0.3) is 0 Å². The molecule has 0 aliphatic carbocycles. The predicted octanol–water partition coefficient (Wildman–Crippen LogP) is 4.35. The Labute approximate surface area is 209 Å². The molecule has 176 valence electrons. The molecule has 0 spiro atoms. The molecule has 0 aliphatic rings. The third-order valence-electron chi connectivity index (χ3n) is 4.53. The van der Waals surface area contributed by atoms with Gasteiger partial charge in [-0.15, -0.1) is 0 Å². The number of benzene rings is 3. The van der Waals surface area contributed by atoms with Crippen LogP contribution in [0.2, 0.25) is 5.02 Å². The van der Waals surface area contributed by atoms with Crippen molar-refractivity contribution in [3.63, 3.8) is 0 Å². The Kier molecular flexibility index (Phi) is 8.51. The monoisotopic (exact) mass is 564 g/mol. The Bertz CT molecular complexity index is 1320. The smallest absolute Gasteiger partial charge is 0.270 e. The third kappa shape index (κ3) is 6.94. The molecule has 9 nitrogen and oxygen atoms in total. The average molecular weight is 566 g/mol. The highest BCUT2D eigenvalue weighted by Gasteiger charge is 2.27. The quantitative estimate of drug-likeness (QED) is 0.235. The van der Waals surface area contributed by atoms with E-state index in [9.17, 15) is 23.3 Å². The van der Waals surface area contributed by atoms with Gasteiger partial charge in [-0.25, -0.2) is 13.8 Å². The van der Waals surface area contributed by atoms with Crippen LogP contribution in [0, 0.1) is 10.1 Å². The molecular weight excluding hydrogens is 548 g/mol. The first kappa shape index (κ1) is 25.5. The number of nitro benzene ring substituents is 1. The number of non-ortho nitro benzene ring substituents is 1. The highest BCUT2D eigenvalue weighted by Crippen LogP contribution is 2.21. The lowest BCUT2D eigenvalue weighted by atomic mass is 10.2. The first-order chi connectivity index (χ1) is 16.1. The number of carbonyl (C=O) groups excluding carboxylic acids is 1. The van der Waals surface area contributed by atoms with E-state index in [1.807, 2.05) is 0 Å². The minimum Gasteiger partial charge on any atom is -0.272 e. The molecule has 0 aromatic heterocycles. The second-order valence-corrected chi connectivity index (χ2v) is 10.3. The number of nitrogens with one attached hydrogen (secondary N) is 1. The van der Waals surface area contributed by atoms with E-state index < -0.39 is 27.4 Å². The van der Waals surface area contributed by atoms with Crippen molar-refractivity contribution < 1.29 is 18.1 Å². The van der Waals surface area contributed by atoms with E-state index in [-0.39, 0.29) is 17.1 Å². The van der Waals surface area contributed by atoms with Crippen molar-refractivity contribution in [3.8, 4) is 0 Å². The Morgan fingerprint density at radius 1 is 1.12 bits per heavy atom. The van der Waals surface area contributed by atoms with Crippen LogP contribution in [0.3, 0.4) is 0 Å². The summed E-state index contributed by atoms with van der Waals surface area (Å²) in [6.07, 6.45) is 1.23. The average Bonchev–Trinajstić information content (AvgIpc) is 2.80. The molecule has 3 aromatic rings. The molecule has 3 aromatic carbocycles. The molecule has 0 aliphatic heterocycles. The molecule has 0 saturated carbocycles. The number of hydrogen-bond acceptors (Lipinski definition) is 6. The summed E-state index contributed by atoms with van der Waals surface area (Å²) < 4.78 is 28.3. The lowest BCUT2D eigenvalue weighted by molar-refractivity contribution is -0.384. The van der Waals surface area contributed by atoms with Crippen molar-refractivity contribution in [2.24, 2.45) is 5.10 Å². The van der Waals surface area contributed by atoms with Crippen molar-refractivity contribution in [2.75, 3.05) is 6.54 Å². The molecule has 0 fully saturated rings. The number of nitrogens with zero attached hydrogens (tertiary/aromatic N) is 3. The van der Waals surface area contributed by atoms with Gasteiger partial charge in [-0.2, -0.15) is 9.41 Å². The van der Waals surface area contributed by atoms with Gasteiger partial charge in [0.1, 0.15) is 0 Å². The van der Waals surface area contributed by atoms with E-state index in [0.717, 1.165) is 8.78 Å². The summed E-state index contributed by atoms with van der Waals surface area (Å²) in [4.78, 5) is 22.8. The molecule has 0 unspecified atom stereocenters. The van der Waals surface area contributed by atoms with Crippen LogP contribution in [-0.2, 0) is 21.4 Å². The number of nitro groups is 1. The summed E-state index contributed by atoms with van der Waals surface area (Å²) >= 11 is 9.21. The summed E-state index contributed by atoms with van der Waals surface area (Å²) in [5, 5.41) is 15.0. The number of carbonyl (C=O) groups is 1. The van der Waals surface area contributed by atoms with Gasteiger partial charge in [-0.3, -0.25) is 14.9 Å². The van der Waals surface area contributed by atoms with Gasteiger partial charge < -0.3 is 0 Å². The first-order valence-corrected chi connectivity index (χ1v) is 12.3. The van der Waals surface area contributed by atoms with Gasteiger partial charge >= 0.3 is 0 Å². The van der Waals surface area contributed by atoms with Gasteiger partial charge in [0.15, 0.2) is 0 Å². The van der Waals surface area contributed by atoms with Gasteiger partial charge in [0, 0.05) is 33.7 Å². The fraction of sp³-hybridized carbons (Fsp3) is 0.0909. The van der Waals surface area contributed by atoms with Gasteiger partial charge in [0.2, 0.25) is 10.0 Å². The van der Waals surface area contributed by atoms with Crippen LogP contribution < -0.4 is 5.43 Å². The van der Waals surface area contributed by atoms with Crippen molar-refractivity contribution in [1.82, 2.24) is 9.73 Å². The highest BCUT2D eigenvalue weighted by atomic mass is 79.9. The van der Waals surface area contributed by atoms with Crippen LogP contribution in [-0.4, -0.2) is 36.3 Å². The van der Waals surface area contributed by atoms with Crippen molar-refractivity contribution in [2.45, 2.75) is 11.4 Å².